The Morgan fingerprint density at radius 1 is 1.06 bits per heavy atom. The summed E-state index contributed by atoms with van der Waals surface area (Å²) >= 11 is 0. The predicted octanol–water partition coefficient (Wildman–Crippen LogP) is 5.46. The zero-order valence-corrected chi connectivity index (χ0v) is 28.8. The van der Waals surface area contributed by atoms with Crippen molar-refractivity contribution in [2.45, 2.75) is 95.3 Å². The molecule has 4 rings (SSSR count). The van der Waals surface area contributed by atoms with Gasteiger partial charge >= 0.3 is 0 Å². The van der Waals surface area contributed by atoms with E-state index in [1.54, 1.807) is 30.0 Å². The summed E-state index contributed by atoms with van der Waals surface area (Å²) in [5.41, 5.74) is 0.778. The number of benzene rings is 2. The molecule has 2 amide bonds. The molecule has 1 aliphatic heterocycles. The topological polar surface area (TPSA) is 125 Å². The fraction of sp³-hybridized carbons (Fsp3) is 0.600. The Morgan fingerprint density at radius 3 is 2.43 bits per heavy atom. The number of hydrogen-bond acceptors (Lipinski definition) is 7. The molecule has 0 radical (unpaired) electrons. The Morgan fingerprint density at radius 2 is 1.74 bits per heavy atom. The van der Waals surface area contributed by atoms with Gasteiger partial charge in [0.1, 0.15) is 11.6 Å². The summed E-state index contributed by atoms with van der Waals surface area (Å²) in [6.07, 6.45) is 6.29. The van der Waals surface area contributed by atoms with Gasteiger partial charge in [-0.1, -0.05) is 26.2 Å². The molecular weight excluding hydrogens is 625 g/mol. The lowest BCUT2D eigenvalue weighted by atomic mass is 9.88. The maximum atomic E-state index is 14.3. The van der Waals surface area contributed by atoms with E-state index in [4.69, 9.17) is 9.47 Å². The van der Waals surface area contributed by atoms with Crippen molar-refractivity contribution in [2.75, 3.05) is 38.7 Å². The molecule has 2 N–H and O–H groups in total. The van der Waals surface area contributed by atoms with Crippen molar-refractivity contribution in [3.8, 4) is 5.75 Å². The molecule has 0 aromatic heterocycles. The van der Waals surface area contributed by atoms with E-state index in [0.29, 0.717) is 24.5 Å². The third-order valence-electron chi connectivity index (χ3n) is 9.25. The van der Waals surface area contributed by atoms with Crippen LogP contribution in [0.3, 0.4) is 0 Å². The van der Waals surface area contributed by atoms with Gasteiger partial charge in [0.15, 0.2) is 0 Å². The van der Waals surface area contributed by atoms with Crippen molar-refractivity contribution in [1.82, 2.24) is 9.21 Å². The minimum absolute atomic E-state index is 0.00383. The lowest BCUT2D eigenvalue weighted by molar-refractivity contribution is -0.120. The molecule has 2 aliphatic rings. The Bertz CT molecular complexity index is 1450. The van der Waals surface area contributed by atoms with Gasteiger partial charge in [0.2, 0.25) is 15.9 Å². The van der Waals surface area contributed by atoms with Gasteiger partial charge in [-0.25, -0.2) is 12.8 Å². The van der Waals surface area contributed by atoms with E-state index in [2.05, 4.69) is 5.32 Å². The smallest absolute Gasteiger partial charge is 0.258 e. The van der Waals surface area contributed by atoms with Gasteiger partial charge in [0.25, 0.3) is 5.91 Å². The monoisotopic (exact) mass is 675 g/mol. The molecule has 47 heavy (non-hydrogen) atoms. The number of carbonyl (C=O) groups excluding carboxylic acids is 2. The molecule has 0 saturated heterocycles. The first-order valence-electron chi connectivity index (χ1n) is 16.8. The Kier molecular flexibility index (Phi) is 13.2. The van der Waals surface area contributed by atoms with E-state index in [1.165, 1.54) is 23.5 Å². The normalized spacial score (nSPS) is 23.0. The molecule has 1 aliphatic carbocycles. The summed E-state index contributed by atoms with van der Waals surface area (Å²) in [6, 6.07) is 9.22. The highest BCUT2D eigenvalue weighted by Crippen LogP contribution is 2.30. The lowest BCUT2D eigenvalue weighted by Gasteiger charge is -2.35. The predicted molar refractivity (Wildman–Crippen MR) is 178 cm³/mol. The van der Waals surface area contributed by atoms with Crippen LogP contribution < -0.4 is 10.1 Å². The molecule has 2 aromatic rings. The quantitative estimate of drug-likeness (QED) is 0.381. The minimum Gasteiger partial charge on any atom is -0.490 e. The highest BCUT2D eigenvalue weighted by Gasteiger charge is 2.33. The minimum atomic E-state index is -3.94. The van der Waals surface area contributed by atoms with E-state index in [-0.39, 0.29) is 59.9 Å². The van der Waals surface area contributed by atoms with Crippen LogP contribution in [0.5, 0.6) is 5.75 Å². The van der Waals surface area contributed by atoms with E-state index >= 15 is 0 Å². The summed E-state index contributed by atoms with van der Waals surface area (Å²) < 4.78 is 53.9. The number of likely N-dealkylation sites (N-methyl/N-ethyl adjacent to an activating group) is 1. The fourth-order valence-electron chi connectivity index (χ4n) is 6.21. The van der Waals surface area contributed by atoms with Gasteiger partial charge in [-0.2, -0.15) is 4.31 Å². The van der Waals surface area contributed by atoms with Gasteiger partial charge in [0, 0.05) is 44.3 Å². The van der Waals surface area contributed by atoms with Crippen molar-refractivity contribution in [1.29, 1.82) is 0 Å². The highest BCUT2D eigenvalue weighted by molar-refractivity contribution is 7.89. The summed E-state index contributed by atoms with van der Waals surface area (Å²) in [4.78, 5) is 28.9. The number of rotatable bonds is 8. The van der Waals surface area contributed by atoms with Crippen LogP contribution in [0.4, 0.5) is 10.1 Å². The third-order valence-corrected chi connectivity index (χ3v) is 11.1. The number of fused-ring (bicyclic) bond motifs is 1. The number of halogens is 1. The maximum Gasteiger partial charge on any atom is 0.258 e. The van der Waals surface area contributed by atoms with Gasteiger partial charge in [-0.15, -0.1) is 0 Å². The average Bonchev–Trinajstić information content (AvgIpc) is 3.06. The van der Waals surface area contributed by atoms with Gasteiger partial charge in [0.05, 0.1) is 35.3 Å². The Hall–Kier alpha value is -3.06. The third kappa shape index (κ3) is 9.74. The standard InChI is InChI=1S/C35H50FN3O7S/c1-24-21-39(25(2)23-40)35(42)31-20-29(37-34(41)27-11-6-5-7-12-27)15-18-32(31)46-26(3)10-8-9-19-45-33(24)22-38(4)47(43,44)30-16-13-28(36)14-17-30/h13-18,20,24-27,33,40H,5-12,19,21-23H2,1-4H3,(H,37,41)/t24-,25+,26-,33-/m1/s1. The number of sulfonamides is 1. The molecule has 1 fully saturated rings. The summed E-state index contributed by atoms with van der Waals surface area (Å²) in [5.74, 6) is -0.968. The van der Waals surface area contributed by atoms with Crippen LogP contribution in [0.25, 0.3) is 0 Å². The molecule has 2 aromatic carbocycles. The lowest BCUT2D eigenvalue weighted by Crippen LogP contribution is -2.48. The Labute approximate surface area is 278 Å². The highest BCUT2D eigenvalue weighted by atomic mass is 32.2. The van der Waals surface area contributed by atoms with Crippen LogP contribution in [-0.2, 0) is 19.6 Å². The van der Waals surface area contributed by atoms with Crippen molar-refractivity contribution in [2.24, 2.45) is 11.8 Å². The number of aliphatic hydroxyl groups is 1. The first-order chi connectivity index (χ1) is 22.4. The summed E-state index contributed by atoms with van der Waals surface area (Å²) in [6.45, 7) is 5.82. The number of anilines is 1. The summed E-state index contributed by atoms with van der Waals surface area (Å²) in [7, 11) is -2.48. The second-order valence-corrected chi connectivity index (χ2v) is 15.1. The molecular formula is C35H50FN3O7S. The van der Waals surface area contributed by atoms with Crippen LogP contribution in [0, 0.1) is 17.7 Å². The molecule has 12 heteroatoms. The van der Waals surface area contributed by atoms with Crippen molar-refractivity contribution >= 4 is 27.5 Å². The summed E-state index contributed by atoms with van der Waals surface area (Å²) in [5, 5.41) is 13.2. The largest absolute Gasteiger partial charge is 0.490 e. The molecule has 0 bridgehead atoms. The number of nitrogens with one attached hydrogen (secondary N) is 1. The van der Waals surface area contributed by atoms with E-state index in [0.717, 1.165) is 57.1 Å². The maximum absolute atomic E-state index is 14.3. The molecule has 260 valence electrons. The SMILES string of the molecule is C[C@@H]1CCCCO[C@H](CN(C)S(=O)(=O)c2ccc(F)cc2)[C@H](C)CN([C@@H](C)CO)C(=O)c2cc(NC(=O)C3CCCCC3)ccc2O1. The zero-order chi connectivity index (χ0) is 34.1. The van der Waals surface area contributed by atoms with E-state index in [9.17, 15) is 27.5 Å². The van der Waals surface area contributed by atoms with E-state index in [1.807, 2.05) is 13.8 Å². The molecule has 0 unspecified atom stereocenters. The van der Waals surface area contributed by atoms with Gasteiger partial charge < -0.3 is 24.8 Å². The number of aliphatic hydroxyl groups excluding tert-OH is 1. The fourth-order valence-corrected chi connectivity index (χ4v) is 7.39. The van der Waals surface area contributed by atoms with Crippen LogP contribution in [0.2, 0.25) is 0 Å². The number of carbonyl (C=O) groups is 2. The van der Waals surface area contributed by atoms with Crippen molar-refractivity contribution in [3.63, 3.8) is 0 Å². The first kappa shape index (κ1) is 36.8. The number of hydrogen-bond donors (Lipinski definition) is 2. The molecule has 1 heterocycles. The van der Waals surface area contributed by atoms with Crippen LogP contribution in [0.1, 0.15) is 82.5 Å². The average molecular weight is 676 g/mol. The van der Waals surface area contributed by atoms with Crippen molar-refractivity contribution < 1.29 is 37.0 Å². The first-order valence-corrected chi connectivity index (χ1v) is 18.2. The molecule has 4 atom stereocenters. The molecule has 0 spiro atoms. The van der Waals surface area contributed by atoms with Crippen molar-refractivity contribution in [3.05, 3.63) is 53.8 Å². The number of amides is 2. The zero-order valence-electron chi connectivity index (χ0n) is 28.0. The second kappa shape index (κ2) is 16.9. The Balaban J connectivity index is 1.62. The van der Waals surface area contributed by atoms with E-state index < -0.39 is 28.0 Å². The van der Waals surface area contributed by atoms with Gasteiger partial charge in [-0.3, -0.25) is 9.59 Å². The second-order valence-electron chi connectivity index (χ2n) is 13.1. The van der Waals surface area contributed by atoms with Gasteiger partial charge in [-0.05, 0) is 88.4 Å². The molecule has 1 saturated carbocycles. The van der Waals surface area contributed by atoms with Crippen LogP contribution >= 0.6 is 0 Å². The number of nitrogens with zero attached hydrogens (tertiary/aromatic N) is 2. The van der Waals surface area contributed by atoms with Crippen LogP contribution in [0.15, 0.2) is 47.4 Å². The van der Waals surface area contributed by atoms with Crippen LogP contribution in [-0.4, -0.2) is 86.1 Å². The molecule has 10 nitrogen and oxygen atoms in total. The number of ether oxygens (including phenoxy) is 2.